The fourth-order valence-corrected chi connectivity index (χ4v) is 1.70. The zero-order valence-corrected chi connectivity index (χ0v) is 8.22. The summed E-state index contributed by atoms with van der Waals surface area (Å²) in [5.41, 5.74) is 2.02. The van der Waals surface area contributed by atoms with Crippen molar-refractivity contribution in [2.24, 2.45) is 0 Å². The first kappa shape index (κ1) is 9.55. The summed E-state index contributed by atoms with van der Waals surface area (Å²) in [6.45, 7) is 0. The molecule has 74 valence electrons. The van der Waals surface area contributed by atoms with Gasteiger partial charge in [-0.15, -0.1) is 0 Å². The third kappa shape index (κ3) is 1.43. The highest BCUT2D eigenvalue weighted by Crippen LogP contribution is 2.20. The third-order valence-corrected chi connectivity index (χ3v) is 2.35. The van der Waals surface area contributed by atoms with E-state index in [9.17, 15) is 0 Å². The topological polar surface area (TPSA) is 60.8 Å². The van der Waals surface area contributed by atoms with Crippen LogP contribution in [0.4, 0.5) is 0 Å². The van der Waals surface area contributed by atoms with Crippen LogP contribution in [0.3, 0.4) is 0 Å². The lowest BCUT2D eigenvalue weighted by Crippen LogP contribution is -1.82. The Morgan fingerprint density at radius 2 is 1.60 bits per heavy atom. The van der Waals surface area contributed by atoms with E-state index in [4.69, 9.17) is 0 Å². The van der Waals surface area contributed by atoms with Crippen molar-refractivity contribution in [2.75, 3.05) is 0 Å². The first-order chi connectivity index (χ1) is 6.95. The van der Waals surface area contributed by atoms with Gasteiger partial charge in [0.05, 0.1) is 11.0 Å². The molecule has 0 saturated carbocycles. The molecule has 0 saturated heterocycles. The van der Waals surface area contributed by atoms with Crippen LogP contribution in [0.15, 0.2) is 48.8 Å². The highest BCUT2D eigenvalue weighted by molar-refractivity contribution is 6.03. The number of hydrogen-bond acceptors (Lipinski definition) is 3. The molecule has 0 aliphatic heterocycles. The average Bonchev–Trinajstić information content (AvgIpc) is 2.29. The summed E-state index contributed by atoms with van der Waals surface area (Å²) in [4.78, 5) is 8.66. The standard InChI is InChI=1S/C12H8N2.H3N/c1-3-9-5-6-11-10(4-2-7-13-11)12(9)14-8-1;/h1-8H;1H3. The minimum Gasteiger partial charge on any atom is -0.344 e. The van der Waals surface area contributed by atoms with Gasteiger partial charge in [-0.2, -0.15) is 0 Å². The van der Waals surface area contributed by atoms with Gasteiger partial charge in [-0.1, -0.05) is 12.1 Å². The molecule has 0 fully saturated rings. The molecule has 1 aromatic carbocycles. The van der Waals surface area contributed by atoms with Gasteiger partial charge in [-0.3, -0.25) is 9.97 Å². The van der Waals surface area contributed by atoms with Gasteiger partial charge >= 0.3 is 0 Å². The van der Waals surface area contributed by atoms with Gasteiger partial charge < -0.3 is 6.15 Å². The SMILES string of the molecule is N.c1cnc2c(c1)ccc1ncccc12. The minimum absolute atomic E-state index is 0. The average molecular weight is 197 g/mol. The zero-order chi connectivity index (χ0) is 9.38. The van der Waals surface area contributed by atoms with Crippen LogP contribution in [0.25, 0.3) is 21.8 Å². The molecule has 0 radical (unpaired) electrons. The summed E-state index contributed by atoms with van der Waals surface area (Å²) < 4.78 is 0. The third-order valence-electron chi connectivity index (χ3n) is 2.35. The fourth-order valence-electron chi connectivity index (χ4n) is 1.70. The molecule has 0 aliphatic carbocycles. The molecule has 3 N–H and O–H groups in total. The molecule has 0 amide bonds. The van der Waals surface area contributed by atoms with Crippen LogP contribution in [0.5, 0.6) is 0 Å². The number of benzene rings is 1. The molecule has 3 heteroatoms. The van der Waals surface area contributed by atoms with Gasteiger partial charge in [0, 0.05) is 23.2 Å². The summed E-state index contributed by atoms with van der Waals surface area (Å²) in [6.07, 6.45) is 3.62. The van der Waals surface area contributed by atoms with Crippen LogP contribution in [-0.2, 0) is 0 Å². The van der Waals surface area contributed by atoms with Crippen molar-refractivity contribution in [1.82, 2.24) is 16.1 Å². The highest BCUT2D eigenvalue weighted by Gasteiger charge is 1.99. The van der Waals surface area contributed by atoms with Crippen molar-refractivity contribution >= 4 is 21.8 Å². The molecular formula is C12H11N3. The molecule has 0 unspecified atom stereocenters. The van der Waals surface area contributed by atoms with E-state index in [-0.39, 0.29) is 6.15 Å². The molecule has 3 rings (SSSR count). The van der Waals surface area contributed by atoms with E-state index in [1.165, 1.54) is 0 Å². The van der Waals surface area contributed by atoms with Crippen LogP contribution in [0.1, 0.15) is 0 Å². The number of fused-ring (bicyclic) bond motifs is 3. The Morgan fingerprint density at radius 3 is 2.53 bits per heavy atom. The quantitative estimate of drug-likeness (QED) is 0.563. The number of pyridine rings is 2. The van der Waals surface area contributed by atoms with E-state index in [2.05, 4.69) is 28.2 Å². The van der Waals surface area contributed by atoms with E-state index in [0.717, 1.165) is 21.8 Å². The van der Waals surface area contributed by atoms with E-state index >= 15 is 0 Å². The second kappa shape index (κ2) is 3.63. The maximum absolute atomic E-state index is 4.37. The number of rotatable bonds is 0. The second-order valence-electron chi connectivity index (χ2n) is 3.21. The number of hydrogen-bond donors (Lipinski definition) is 1. The zero-order valence-electron chi connectivity index (χ0n) is 8.22. The molecule has 0 atom stereocenters. The smallest absolute Gasteiger partial charge is 0.0795 e. The van der Waals surface area contributed by atoms with Gasteiger partial charge in [0.15, 0.2) is 0 Å². The van der Waals surface area contributed by atoms with Crippen LogP contribution < -0.4 is 6.15 Å². The lowest BCUT2D eigenvalue weighted by molar-refractivity contribution is 1.39. The summed E-state index contributed by atoms with van der Waals surface area (Å²) in [5.74, 6) is 0. The Bertz CT molecular complexity index is 550. The molecule has 2 heterocycles. The van der Waals surface area contributed by atoms with Crippen molar-refractivity contribution in [1.29, 1.82) is 0 Å². The lowest BCUT2D eigenvalue weighted by atomic mass is 10.1. The van der Waals surface area contributed by atoms with Crippen LogP contribution in [0.2, 0.25) is 0 Å². The van der Waals surface area contributed by atoms with Gasteiger partial charge in [0.2, 0.25) is 0 Å². The summed E-state index contributed by atoms with van der Waals surface area (Å²) in [7, 11) is 0. The van der Waals surface area contributed by atoms with Crippen LogP contribution in [0, 0.1) is 0 Å². The monoisotopic (exact) mass is 197 g/mol. The maximum atomic E-state index is 4.37. The van der Waals surface area contributed by atoms with E-state index in [1.54, 1.807) is 6.20 Å². The number of aromatic nitrogens is 2. The van der Waals surface area contributed by atoms with E-state index in [1.807, 2.05) is 24.4 Å². The van der Waals surface area contributed by atoms with Crippen LogP contribution in [-0.4, -0.2) is 9.97 Å². The molecule has 0 aliphatic rings. The Balaban J connectivity index is 0.000000853. The largest absolute Gasteiger partial charge is 0.344 e. The van der Waals surface area contributed by atoms with Crippen molar-refractivity contribution < 1.29 is 0 Å². The predicted molar refractivity (Wildman–Crippen MR) is 62.1 cm³/mol. The molecular weight excluding hydrogens is 186 g/mol. The Labute approximate surface area is 87.4 Å². The summed E-state index contributed by atoms with van der Waals surface area (Å²) in [5, 5.41) is 2.28. The number of nitrogens with zero attached hydrogens (tertiary/aromatic N) is 2. The lowest BCUT2D eigenvalue weighted by Gasteiger charge is -2.00. The van der Waals surface area contributed by atoms with Gasteiger partial charge in [0.1, 0.15) is 0 Å². The maximum Gasteiger partial charge on any atom is 0.0795 e. The van der Waals surface area contributed by atoms with Crippen molar-refractivity contribution in [3.8, 4) is 0 Å². The molecule has 0 bridgehead atoms. The predicted octanol–water partition coefficient (Wildman–Crippen LogP) is 2.95. The second-order valence-corrected chi connectivity index (χ2v) is 3.21. The molecule has 3 aromatic rings. The van der Waals surface area contributed by atoms with Crippen molar-refractivity contribution in [3.63, 3.8) is 0 Å². The van der Waals surface area contributed by atoms with Gasteiger partial charge in [0.25, 0.3) is 0 Å². The Hall–Kier alpha value is -2.00. The fraction of sp³-hybridized carbons (Fsp3) is 0. The van der Waals surface area contributed by atoms with Gasteiger partial charge in [-0.25, -0.2) is 0 Å². The summed E-state index contributed by atoms with van der Waals surface area (Å²) in [6, 6.07) is 12.1. The Kier molecular flexibility index (Phi) is 2.31. The van der Waals surface area contributed by atoms with Gasteiger partial charge in [-0.05, 0) is 24.3 Å². The first-order valence-corrected chi connectivity index (χ1v) is 4.53. The van der Waals surface area contributed by atoms with E-state index in [0.29, 0.717) is 0 Å². The van der Waals surface area contributed by atoms with Crippen molar-refractivity contribution in [2.45, 2.75) is 0 Å². The van der Waals surface area contributed by atoms with E-state index < -0.39 is 0 Å². The molecule has 2 aromatic heterocycles. The Morgan fingerprint density at radius 1 is 0.800 bits per heavy atom. The molecule has 3 nitrogen and oxygen atoms in total. The normalized spacial score (nSPS) is 10.1. The molecule has 15 heavy (non-hydrogen) atoms. The minimum atomic E-state index is 0. The van der Waals surface area contributed by atoms with Crippen LogP contribution >= 0.6 is 0 Å². The van der Waals surface area contributed by atoms with Crippen molar-refractivity contribution in [3.05, 3.63) is 48.8 Å². The highest BCUT2D eigenvalue weighted by atomic mass is 14.7. The first-order valence-electron chi connectivity index (χ1n) is 4.53. The summed E-state index contributed by atoms with van der Waals surface area (Å²) >= 11 is 0. The molecule has 0 spiro atoms.